The van der Waals surface area contributed by atoms with Gasteiger partial charge in [-0.2, -0.15) is 0 Å². The second-order valence-corrected chi connectivity index (χ2v) is 5.02. The van der Waals surface area contributed by atoms with Crippen molar-refractivity contribution in [3.05, 3.63) is 29.6 Å². The van der Waals surface area contributed by atoms with Gasteiger partial charge in [0.25, 0.3) is 0 Å². The van der Waals surface area contributed by atoms with E-state index in [-0.39, 0.29) is 11.9 Å². The zero-order chi connectivity index (χ0) is 13.8. The second-order valence-electron chi connectivity index (χ2n) is 5.02. The average molecular weight is 267 g/mol. The number of rotatable bonds is 5. The van der Waals surface area contributed by atoms with Gasteiger partial charge in [-0.1, -0.05) is 6.07 Å². The van der Waals surface area contributed by atoms with Crippen LogP contribution in [0, 0.1) is 5.82 Å². The third kappa shape index (κ3) is 3.25. The van der Waals surface area contributed by atoms with Crippen LogP contribution in [0.4, 0.5) is 10.1 Å². The van der Waals surface area contributed by atoms with Crippen LogP contribution in [-0.2, 0) is 4.74 Å². The Bertz CT molecular complexity index is 417. The zero-order valence-corrected chi connectivity index (χ0v) is 11.6. The van der Waals surface area contributed by atoms with Crippen LogP contribution in [0.1, 0.15) is 38.4 Å². The summed E-state index contributed by atoms with van der Waals surface area (Å²) in [6.45, 7) is 5.96. The molecule has 1 fully saturated rings. The molecule has 0 amide bonds. The van der Waals surface area contributed by atoms with Gasteiger partial charge in [-0.15, -0.1) is 0 Å². The van der Waals surface area contributed by atoms with Gasteiger partial charge >= 0.3 is 0 Å². The summed E-state index contributed by atoms with van der Waals surface area (Å²) >= 11 is 0. The highest BCUT2D eigenvalue weighted by Gasteiger charge is 2.22. The number of hydrogen-bond acceptors (Lipinski definition) is 3. The van der Waals surface area contributed by atoms with Gasteiger partial charge in [-0.05, 0) is 38.8 Å². The predicted molar refractivity (Wildman–Crippen MR) is 73.9 cm³/mol. The van der Waals surface area contributed by atoms with Gasteiger partial charge in [0, 0.05) is 30.9 Å². The van der Waals surface area contributed by atoms with E-state index in [0.717, 1.165) is 38.2 Å². The van der Waals surface area contributed by atoms with Crippen molar-refractivity contribution >= 4 is 5.69 Å². The maximum Gasteiger partial charge on any atom is 0.131 e. The van der Waals surface area contributed by atoms with Crippen molar-refractivity contribution in [2.45, 2.75) is 38.9 Å². The quantitative estimate of drug-likeness (QED) is 0.890. The molecule has 1 heterocycles. The molecule has 1 aliphatic rings. The van der Waals surface area contributed by atoms with Crippen molar-refractivity contribution in [3.63, 3.8) is 0 Å². The first-order valence-electron chi connectivity index (χ1n) is 6.96. The van der Waals surface area contributed by atoms with Crippen molar-refractivity contribution in [2.24, 2.45) is 0 Å². The Morgan fingerprint density at radius 3 is 2.89 bits per heavy atom. The van der Waals surface area contributed by atoms with Crippen molar-refractivity contribution in [2.75, 3.05) is 24.6 Å². The van der Waals surface area contributed by atoms with E-state index in [0.29, 0.717) is 5.56 Å². The van der Waals surface area contributed by atoms with Gasteiger partial charge in [0.15, 0.2) is 0 Å². The minimum atomic E-state index is -0.810. The lowest BCUT2D eigenvalue weighted by Crippen LogP contribution is -2.33. The van der Waals surface area contributed by atoms with E-state index in [1.807, 2.05) is 13.0 Å². The van der Waals surface area contributed by atoms with Crippen molar-refractivity contribution in [1.82, 2.24) is 0 Å². The van der Waals surface area contributed by atoms with E-state index < -0.39 is 6.10 Å². The summed E-state index contributed by atoms with van der Waals surface area (Å²) in [7, 11) is 0. The topological polar surface area (TPSA) is 32.7 Å². The van der Waals surface area contributed by atoms with Crippen LogP contribution in [0.2, 0.25) is 0 Å². The largest absolute Gasteiger partial charge is 0.389 e. The van der Waals surface area contributed by atoms with E-state index in [1.54, 1.807) is 13.0 Å². The molecule has 0 saturated carbocycles. The number of halogens is 1. The molecule has 0 radical (unpaired) electrons. The molecule has 4 heteroatoms. The van der Waals surface area contributed by atoms with Gasteiger partial charge in [0.1, 0.15) is 5.82 Å². The number of likely N-dealkylation sites (N-methyl/N-ethyl adjacent to an activating group) is 1. The Kier molecular flexibility index (Phi) is 4.77. The van der Waals surface area contributed by atoms with Crippen molar-refractivity contribution in [3.8, 4) is 0 Å². The molecule has 0 aliphatic carbocycles. The fourth-order valence-corrected chi connectivity index (χ4v) is 2.65. The minimum Gasteiger partial charge on any atom is -0.389 e. The molecule has 1 aromatic carbocycles. The van der Waals surface area contributed by atoms with Crippen LogP contribution in [-0.4, -0.2) is 30.9 Å². The Morgan fingerprint density at radius 2 is 2.32 bits per heavy atom. The molecule has 2 atom stereocenters. The maximum absolute atomic E-state index is 13.9. The number of aliphatic hydroxyl groups is 1. The zero-order valence-electron chi connectivity index (χ0n) is 11.6. The summed E-state index contributed by atoms with van der Waals surface area (Å²) in [6.07, 6.45) is 1.55. The van der Waals surface area contributed by atoms with Gasteiger partial charge in [-0.25, -0.2) is 4.39 Å². The fraction of sp³-hybridized carbons (Fsp3) is 0.600. The molecule has 1 saturated heterocycles. The summed E-state index contributed by atoms with van der Waals surface area (Å²) < 4.78 is 19.5. The van der Waals surface area contributed by atoms with Gasteiger partial charge in [0.05, 0.1) is 12.2 Å². The van der Waals surface area contributed by atoms with E-state index >= 15 is 0 Å². The van der Waals surface area contributed by atoms with Crippen LogP contribution in [0.25, 0.3) is 0 Å². The van der Waals surface area contributed by atoms with Crippen LogP contribution < -0.4 is 4.90 Å². The Labute approximate surface area is 114 Å². The van der Waals surface area contributed by atoms with E-state index in [1.165, 1.54) is 6.07 Å². The van der Waals surface area contributed by atoms with Crippen LogP contribution in [0.5, 0.6) is 0 Å². The third-order valence-corrected chi connectivity index (χ3v) is 3.62. The number of aliphatic hydroxyl groups excluding tert-OH is 1. The molecule has 2 unspecified atom stereocenters. The third-order valence-electron chi connectivity index (χ3n) is 3.62. The Hall–Kier alpha value is -1.13. The molecule has 1 N–H and O–H groups in total. The summed E-state index contributed by atoms with van der Waals surface area (Å²) in [4.78, 5) is 2.08. The molecule has 0 aromatic heterocycles. The smallest absolute Gasteiger partial charge is 0.131 e. The molecular weight excluding hydrogens is 245 g/mol. The highest BCUT2D eigenvalue weighted by atomic mass is 19.1. The lowest BCUT2D eigenvalue weighted by molar-refractivity contribution is 0.115. The van der Waals surface area contributed by atoms with Crippen LogP contribution in [0.3, 0.4) is 0 Å². The van der Waals surface area contributed by atoms with Gasteiger partial charge in [0.2, 0.25) is 0 Å². The van der Waals surface area contributed by atoms with E-state index in [2.05, 4.69) is 4.90 Å². The molecule has 1 aliphatic heterocycles. The number of benzene rings is 1. The number of hydrogen-bond donors (Lipinski definition) is 1. The lowest BCUT2D eigenvalue weighted by Gasteiger charge is -2.29. The first-order valence-corrected chi connectivity index (χ1v) is 6.96. The van der Waals surface area contributed by atoms with Crippen LogP contribution >= 0.6 is 0 Å². The number of ether oxygens (including phenoxy) is 1. The number of nitrogens with zero attached hydrogens (tertiary/aromatic N) is 1. The fourth-order valence-electron chi connectivity index (χ4n) is 2.65. The normalized spacial score (nSPS) is 20.5. The predicted octanol–water partition coefficient (Wildman–Crippen LogP) is 2.88. The average Bonchev–Trinajstić information content (AvgIpc) is 2.88. The Balaban J connectivity index is 2.24. The molecule has 19 heavy (non-hydrogen) atoms. The second kappa shape index (κ2) is 6.35. The summed E-state index contributed by atoms with van der Waals surface area (Å²) in [5.74, 6) is -0.349. The molecule has 3 nitrogen and oxygen atoms in total. The standard InChI is InChI=1S/C15H22FNO2/c1-3-17(10-12-6-5-9-19-12)14-8-4-7-13(16)15(14)11(2)18/h4,7-8,11-12,18H,3,5-6,9-10H2,1-2H3. The first kappa shape index (κ1) is 14.3. The summed E-state index contributed by atoms with van der Waals surface area (Å²) in [6, 6.07) is 4.95. The molecule has 106 valence electrons. The first-order chi connectivity index (χ1) is 9.13. The monoisotopic (exact) mass is 267 g/mol. The highest BCUT2D eigenvalue weighted by Crippen LogP contribution is 2.29. The summed E-state index contributed by atoms with van der Waals surface area (Å²) in [5.41, 5.74) is 1.15. The highest BCUT2D eigenvalue weighted by molar-refractivity contribution is 5.55. The molecule has 1 aromatic rings. The van der Waals surface area contributed by atoms with E-state index in [4.69, 9.17) is 4.74 Å². The maximum atomic E-state index is 13.9. The van der Waals surface area contributed by atoms with Gasteiger partial charge in [-0.3, -0.25) is 0 Å². The van der Waals surface area contributed by atoms with Crippen molar-refractivity contribution < 1.29 is 14.2 Å². The molecule has 0 bridgehead atoms. The van der Waals surface area contributed by atoms with E-state index in [9.17, 15) is 9.50 Å². The summed E-state index contributed by atoms with van der Waals surface area (Å²) in [5, 5.41) is 9.79. The Morgan fingerprint density at radius 1 is 1.53 bits per heavy atom. The van der Waals surface area contributed by atoms with Gasteiger partial charge < -0.3 is 14.7 Å². The molecular formula is C15H22FNO2. The lowest BCUT2D eigenvalue weighted by atomic mass is 10.1. The SMILES string of the molecule is CCN(CC1CCCO1)c1cccc(F)c1C(C)O. The van der Waals surface area contributed by atoms with Crippen LogP contribution in [0.15, 0.2) is 18.2 Å². The molecule has 0 spiro atoms. The molecule has 2 rings (SSSR count). The number of anilines is 1. The van der Waals surface area contributed by atoms with Crippen molar-refractivity contribution in [1.29, 1.82) is 0 Å². The minimum absolute atomic E-state index is 0.213.